The molecule has 2 amide bonds. The molecule has 1 heterocycles. The lowest BCUT2D eigenvalue weighted by molar-refractivity contribution is 0.206. The molecule has 1 aromatic carbocycles. The van der Waals surface area contributed by atoms with Crippen molar-refractivity contribution in [3.8, 4) is 5.75 Å². The Bertz CT molecular complexity index is 629. The highest BCUT2D eigenvalue weighted by Crippen LogP contribution is 2.19. The van der Waals surface area contributed by atoms with Crippen molar-refractivity contribution in [1.82, 2.24) is 15.2 Å². The van der Waals surface area contributed by atoms with E-state index in [1.165, 1.54) is 0 Å². The number of hydrogen-bond donors (Lipinski definition) is 1. The highest BCUT2D eigenvalue weighted by molar-refractivity contribution is 5.73. The lowest BCUT2D eigenvalue weighted by atomic mass is 10.2. The highest BCUT2D eigenvalue weighted by atomic mass is 16.5. The zero-order valence-corrected chi connectivity index (χ0v) is 13.8. The van der Waals surface area contributed by atoms with Gasteiger partial charge in [-0.15, -0.1) is 0 Å². The first-order chi connectivity index (χ1) is 11.1. The summed E-state index contributed by atoms with van der Waals surface area (Å²) in [6.07, 6.45) is 3.57. The van der Waals surface area contributed by atoms with Crippen molar-refractivity contribution < 1.29 is 9.53 Å². The van der Waals surface area contributed by atoms with Crippen molar-refractivity contribution in [2.75, 3.05) is 7.05 Å². The van der Waals surface area contributed by atoms with E-state index in [2.05, 4.69) is 10.3 Å². The number of nitrogens with one attached hydrogen (secondary N) is 1. The normalized spacial score (nSPS) is 10.4. The topological polar surface area (TPSA) is 54.5 Å². The molecule has 23 heavy (non-hydrogen) atoms. The van der Waals surface area contributed by atoms with Crippen LogP contribution in [0.15, 0.2) is 48.8 Å². The van der Waals surface area contributed by atoms with Gasteiger partial charge >= 0.3 is 6.03 Å². The van der Waals surface area contributed by atoms with Crippen molar-refractivity contribution in [2.24, 2.45) is 0 Å². The molecular weight excluding hydrogens is 290 g/mol. The van der Waals surface area contributed by atoms with Crippen molar-refractivity contribution in [3.05, 3.63) is 59.9 Å². The van der Waals surface area contributed by atoms with Gasteiger partial charge in [0, 0.05) is 38.1 Å². The molecule has 1 aromatic heterocycles. The van der Waals surface area contributed by atoms with E-state index < -0.39 is 0 Å². The largest absolute Gasteiger partial charge is 0.491 e. The van der Waals surface area contributed by atoms with Crippen molar-refractivity contribution in [3.63, 3.8) is 0 Å². The Hall–Kier alpha value is -2.56. The SMILES string of the molecule is CC(C)Oc1ccccc1CNC(=O)N(C)Cc1cccnc1. The first kappa shape index (κ1) is 16.8. The Morgan fingerprint density at radius 3 is 2.74 bits per heavy atom. The number of para-hydroxylation sites is 1. The fourth-order valence-corrected chi connectivity index (χ4v) is 2.16. The Kier molecular flexibility index (Phi) is 5.97. The molecule has 0 spiro atoms. The summed E-state index contributed by atoms with van der Waals surface area (Å²) in [7, 11) is 1.76. The second kappa shape index (κ2) is 8.17. The molecule has 0 fully saturated rings. The van der Waals surface area contributed by atoms with Gasteiger partial charge in [0.2, 0.25) is 0 Å². The van der Waals surface area contributed by atoms with E-state index in [0.717, 1.165) is 16.9 Å². The van der Waals surface area contributed by atoms with E-state index in [1.807, 2.05) is 50.2 Å². The molecule has 5 heteroatoms. The molecular formula is C18H23N3O2. The van der Waals surface area contributed by atoms with E-state index in [0.29, 0.717) is 13.1 Å². The molecule has 5 nitrogen and oxygen atoms in total. The zero-order chi connectivity index (χ0) is 16.7. The van der Waals surface area contributed by atoms with Gasteiger partial charge in [0.05, 0.1) is 6.10 Å². The number of aromatic nitrogens is 1. The molecule has 0 aliphatic rings. The first-order valence-corrected chi connectivity index (χ1v) is 7.68. The minimum atomic E-state index is -0.131. The standard InChI is InChI=1S/C18H23N3O2/c1-14(2)23-17-9-5-4-8-16(17)12-20-18(22)21(3)13-15-7-6-10-19-11-15/h4-11,14H,12-13H2,1-3H3,(H,20,22). The van der Waals surface area contributed by atoms with Crippen LogP contribution in [0.4, 0.5) is 4.79 Å². The van der Waals surface area contributed by atoms with Crippen LogP contribution in [0.3, 0.4) is 0 Å². The van der Waals surface area contributed by atoms with Gasteiger partial charge in [-0.2, -0.15) is 0 Å². The summed E-state index contributed by atoms with van der Waals surface area (Å²) in [6, 6.07) is 11.4. The van der Waals surface area contributed by atoms with Crippen LogP contribution < -0.4 is 10.1 Å². The van der Waals surface area contributed by atoms with E-state index in [4.69, 9.17) is 4.74 Å². The average molecular weight is 313 g/mol. The minimum absolute atomic E-state index is 0.0973. The second-order valence-corrected chi connectivity index (χ2v) is 5.65. The Labute approximate surface area is 137 Å². The number of amides is 2. The number of rotatable bonds is 6. The van der Waals surface area contributed by atoms with Crippen molar-refractivity contribution >= 4 is 6.03 Å². The molecule has 0 saturated heterocycles. The fraction of sp³-hybridized carbons (Fsp3) is 0.333. The van der Waals surface area contributed by atoms with Gasteiger partial charge < -0.3 is 15.0 Å². The summed E-state index contributed by atoms with van der Waals surface area (Å²) in [5.74, 6) is 0.803. The highest BCUT2D eigenvalue weighted by Gasteiger charge is 2.11. The van der Waals surface area contributed by atoms with Gasteiger partial charge in [0.1, 0.15) is 5.75 Å². The molecule has 0 unspecified atom stereocenters. The third kappa shape index (κ3) is 5.29. The number of ether oxygens (including phenoxy) is 1. The lowest BCUT2D eigenvalue weighted by Crippen LogP contribution is -2.36. The van der Waals surface area contributed by atoms with Crippen LogP contribution in [-0.4, -0.2) is 29.1 Å². The number of nitrogens with zero attached hydrogens (tertiary/aromatic N) is 2. The predicted molar refractivity (Wildman–Crippen MR) is 90.1 cm³/mol. The maximum absolute atomic E-state index is 12.2. The van der Waals surface area contributed by atoms with E-state index in [1.54, 1.807) is 24.3 Å². The first-order valence-electron chi connectivity index (χ1n) is 7.68. The Morgan fingerprint density at radius 2 is 2.04 bits per heavy atom. The molecule has 1 N–H and O–H groups in total. The predicted octanol–water partition coefficient (Wildman–Crippen LogP) is 3.21. The van der Waals surface area contributed by atoms with Crippen LogP contribution in [0.1, 0.15) is 25.0 Å². The minimum Gasteiger partial charge on any atom is -0.491 e. The van der Waals surface area contributed by atoms with Crippen molar-refractivity contribution in [2.45, 2.75) is 33.0 Å². The Balaban J connectivity index is 1.91. The van der Waals surface area contributed by atoms with Crippen LogP contribution in [0, 0.1) is 0 Å². The third-order valence-corrected chi connectivity index (χ3v) is 3.25. The molecule has 0 saturated carbocycles. The number of benzene rings is 1. The smallest absolute Gasteiger partial charge is 0.317 e. The monoisotopic (exact) mass is 313 g/mol. The summed E-state index contributed by atoms with van der Waals surface area (Å²) in [5, 5.41) is 2.92. The molecule has 0 bridgehead atoms. The molecule has 0 atom stereocenters. The molecule has 0 aliphatic heterocycles. The molecule has 2 rings (SSSR count). The third-order valence-electron chi connectivity index (χ3n) is 3.25. The average Bonchev–Trinajstić information content (AvgIpc) is 2.54. The number of pyridine rings is 1. The molecule has 0 aliphatic carbocycles. The van der Waals surface area contributed by atoms with Crippen LogP contribution in [-0.2, 0) is 13.1 Å². The van der Waals surface area contributed by atoms with E-state index in [-0.39, 0.29) is 12.1 Å². The van der Waals surface area contributed by atoms with Gasteiger partial charge in [0.25, 0.3) is 0 Å². The van der Waals surface area contributed by atoms with E-state index in [9.17, 15) is 4.79 Å². The van der Waals surface area contributed by atoms with Gasteiger partial charge in [-0.05, 0) is 31.5 Å². The second-order valence-electron chi connectivity index (χ2n) is 5.65. The number of hydrogen-bond acceptors (Lipinski definition) is 3. The maximum atomic E-state index is 12.2. The molecule has 2 aromatic rings. The van der Waals surface area contributed by atoms with Crippen LogP contribution >= 0.6 is 0 Å². The van der Waals surface area contributed by atoms with Gasteiger partial charge in [-0.25, -0.2) is 4.79 Å². The lowest BCUT2D eigenvalue weighted by Gasteiger charge is -2.19. The van der Waals surface area contributed by atoms with Crippen LogP contribution in [0.25, 0.3) is 0 Å². The summed E-state index contributed by atoms with van der Waals surface area (Å²) in [6.45, 7) is 4.91. The summed E-state index contributed by atoms with van der Waals surface area (Å²) in [5.41, 5.74) is 1.96. The summed E-state index contributed by atoms with van der Waals surface area (Å²) in [4.78, 5) is 17.9. The van der Waals surface area contributed by atoms with Crippen LogP contribution in [0.5, 0.6) is 5.75 Å². The fourth-order valence-electron chi connectivity index (χ4n) is 2.16. The van der Waals surface area contributed by atoms with Crippen molar-refractivity contribution in [1.29, 1.82) is 0 Å². The van der Waals surface area contributed by atoms with E-state index >= 15 is 0 Å². The maximum Gasteiger partial charge on any atom is 0.317 e. The molecule has 0 radical (unpaired) electrons. The number of carbonyl (C=O) groups excluding carboxylic acids is 1. The number of carbonyl (C=O) groups is 1. The Morgan fingerprint density at radius 1 is 1.26 bits per heavy atom. The summed E-state index contributed by atoms with van der Waals surface area (Å²) >= 11 is 0. The van der Waals surface area contributed by atoms with Crippen LogP contribution in [0.2, 0.25) is 0 Å². The van der Waals surface area contributed by atoms with Gasteiger partial charge in [-0.3, -0.25) is 4.98 Å². The van der Waals surface area contributed by atoms with Gasteiger partial charge in [-0.1, -0.05) is 24.3 Å². The zero-order valence-electron chi connectivity index (χ0n) is 13.8. The van der Waals surface area contributed by atoms with Gasteiger partial charge in [0.15, 0.2) is 0 Å². The number of urea groups is 1. The molecule has 122 valence electrons. The quantitative estimate of drug-likeness (QED) is 0.891. The summed E-state index contributed by atoms with van der Waals surface area (Å²) < 4.78 is 5.76.